The molecular weight excluding hydrogens is 260 g/mol. The number of likely N-dealkylation sites (tertiary alicyclic amines) is 1. The highest BCUT2D eigenvalue weighted by Gasteiger charge is 2.38. The van der Waals surface area contributed by atoms with Crippen LogP contribution in [0.5, 0.6) is 5.75 Å². The predicted octanol–water partition coefficient (Wildman–Crippen LogP) is 2.80. The highest BCUT2D eigenvalue weighted by Crippen LogP contribution is 2.41. The molecule has 0 aliphatic carbocycles. The molecule has 1 saturated heterocycles. The topological polar surface area (TPSA) is 36.3 Å². The lowest BCUT2D eigenvalue weighted by molar-refractivity contribution is 0.213. The lowest BCUT2D eigenvalue weighted by Crippen LogP contribution is -2.25. The fourth-order valence-corrected chi connectivity index (χ4v) is 3.22. The van der Waals surface area contributed by atoms with E-state index in [1.165, 1.54) is 18.5 Å². The summed E-state index contributed by atoms with van der Waals surface area (Å²) in [5.41, 5.74) is 1.98. The summed E-state index contributed by atoms with van der Waals surface area (Å²) in [6, 6.07) is 8.04. The molecule has 1 aromatic rings. The highest BCUT2D eigenvalue weighted by atomic mass is 35.5. The molecule has 2 aliphatic heterocycles. The number of fused-ring (bicyclic) bond motifs is 3. The van der Waals surface area contributed by atoms with Crippen molar-refractivity contribution in [1.29, 1.82) is 5.26 Å². The monoisotopic (exact) mass is 278 g/mol. The summed E-state index contributed by atoms with van der Waals surface area (Å²) in [7, 11) is 0. The van der Waals surface area contributed by atoms with Crippen LogP contribution in [0.1, 0.15) is 30.4 Å². The van der Waals surface area contributed by atoms with E-state index < -0.39 is 0 Å². The smallest absolute Gasteiger partial charge is 0.122 e. The first-order valence-corrected chi connectivity index (χ1v) is 6.71. The Morgan fingerprint density at radius 3 is 3.00 bits per heavy atom. The van der Waals surface area contributed by atoms with Gasteiger partial charge in [0.25, 0.3) is 0 Å². The second-order valence-corrected chi connectivity index (χ2v) is 5.30. The SMILES string of the molecule is CCCN1C[C@H]2COc3ccc(C#N)cc3[C@@H]2C1.Cl. The van der Waals surface area contributed by atoms with Gasteiger partial charge in [-0.25, -0.2) is 0 Å². The van der Waals surface area contributed by atoms with E-state index >= 15 is 0 Å². The number of nitrogens with zero attached hydrogens (tertiary/aromatic N) is 2. The second-order valence-electron chi connectivity index (χ2n) is 5.30. The molecule has 1 aromatic carbocycles. The standard InChI is InChI=1S/C15H18N2O.ClH/c1-2-5-17-8-12-10-18-15-4-3-11(7-16)6-13(15)14(12)9-17;/h3-4,6,12,14H,2,5,8-10H2,1H3;1H/t12-,14+;/m0./s1. The van der Waals surface area contributed by atoms with Gasteiger partial charge in [-0.2, -0.15) is 5.26 Å². The van der Waals surface area contributed by atoms with Crippen molar-refractivity contribution >= 4 is 12.4 Å². The van der Waals surface area contributed by atoms with Crippen molar-refractivity contribution < 1.29 is 4.74 Å². The van der Waals surface area contributed by atoms with Crippen molar-refractivity contribution in [2.24, 2.45) is 5.92 Å². The minimum Gasteiger partial charge on any atom is -0.493 e. The Labute approximate surface area is 120 Å². The van der Waals surface area contributed by atoms with Crippen LogP contribution in [0.25, 0.3) is 0 Å². The number of hydrogen-bond donors (Lipinski definition) is 0. The maximum absolute atomic E-state index is 9.01. The lowest BCUT2D eigenvalue weighted by Gasteiger charge is -2.27. The van der Waals surface area contributed by atoms with Gasteiger partial charge in [0.2, 0.25) is 0 Å². The molecule has 3 rings (SSSR count). The maximum atomic E-state index is 9.01. The Morgan fingerprint density at radius 2 is 2.26 bits per heavy atom. The van der Waals surface area contributed by atoms with E-state index in [4.69, 9.17) is 10.00 Å². The van der Waals surface area contributed by atoms with Crippen LogP contribution < -0.4 is 4.74 Å². The molecule has 2 aliphatic rings. The van der Waals surface area contributed by atoms with E-state index in [1.807, 2.05) is 18.2 Å². The highest BCUT2D eigenvalue weighted by molar-refractivity contribution is 5.85. The average Bonchev–Trinajstić information content (AvgIpc) is 2.81. The number of halogens is 1. The molecule has 3 nitrogen and oxygen atoms in total. The number of ether oxygens (including phenoxy) is 1. The van der Waals surface area contributed by atoms with Gasteiger partial charge in [-0.05, 0) is 31.2 Å². The molecule has 0 amide bonds. The summed E-state index contributed by atoms with van der Waals surface area (Å²) >= 11 is 0. The summed E-state index contributed by atoms with van der Waals surface area (Å²) in [6.45, 7) is 6.46. The molecule has 0 unspecified atom stereocenters. The summed E-state index contributed by atoms with van der Waals surface area (Å²) in [6.07, 6.45) is 1.20. The zero-order chi connectivity index (χ0) is 12.5. The van der Waals surface area contributed by atoms with Gasteiger partial charge in [-0.15, -0.1) is 12.4 Å². The van der Waals surface area contributed by atoms with Gasteiger partial charge in [0, 0.05) is 30.5 Å². The fourth-order valence-electron chi connectivity index (χ4n) is 3.22. The van der Waals surface area contributed by atoms with Gasteiger partial charge in [0.1, 0.15) is 5.75 Å². The van der Waals surface area contributed by atoms with Crippen LogP contribution in [0.4, 0.5) is 0 Å². The molecule has 19 heavy (non-hydrogen) atoms. The molecule has 2 atom stereocenters. The zero-order valence-corrected chi connectivity index (χ0v) is 11.9. The molecule has 4 heteroatoms. The molecule has 0 aromatic heterocycles. The summed E-state index contributed by atoms with van der Waals surface area (Å²) in [5.74, 6) is 2.13. The Bertz CT molecular complexity index is 497. The van der Waals surface area contributed by atoms with E-state index in [9.17, 15) is 0 Å². The molecule has 0 spiro atoms. The van der Waals surface area contributed by atoms with Crippen LogP contribution in [-0.4, -0.2) is 31.1 Å². The van der Waals surface area contributed by atoms with Crippen molar-refractivity contribution in [3.63, 3.8) is 0 Å². The Hall–Kier alpha value is -1.24. The Balaban J connectivity index is 0.00000133. The fraction of sp³-hybridized carbons (Fsp3) is 0.533. The van der Waals surface area contributed by atoms with Crippen LogP contribution in [0.2, 0.25) is 0 Å². The first kappa shape index (κ1) is 14.2. The maximum Gasteiger partial charge on any atom is 0.122 e. The molecule has 0 radical (unpaired) electrons. The normalized spacial score (nSPS) is 24.6. The van der Waals surface area contributed by atoms with Gasteiger partial charge in [0.05, 0.1) is 18.2 Å². The van der Waals surface area contributed by atoms with E-state index in [-0.39, 0.29) is 12.4 Å². The zero-order valence-electron chi connectivity index (χ0n) is 11.1. The molecule has 1 fully saturated rings. The Kier molecular flexibility index (Phi) is 4.34. The summed E-state index contributed by atoms with van der Waals surface area (Å²) in [4.78, 5) is 2.52. The minimum atomic E-state index is 0. The van der Waals surface area contributed by atoms with Gasteiger partial charge >= 0.3 is 0 Å². The first-order valence-electron chi connectivity index (χ1n) is 6.71. The molecule has 102 valence electrons. The number of benzene rings is 1. The van der Waals surface area contributed by atoms with Gasteiger partial charge in [-0.1, -0.05) is 6.92 Å². The van der Waals surface area contributed by atoms with Crippen molar-refractivity contribution in [1.82, 2.24) is 4.90 Å². The predicted molar refractivity (Wildman–Crippen MR) is 76.9 cm³/mol. The van der Waals surface area contributed by atoms with E-state index in [1.54, 1.807) is 0 Å². The summed E-state index contributed by atoms with van der Waals surface area (Å²) < 4.78 is 5.83. The molecule has 2 heterocycles. The number of hydrogen-bond acceptors (Lipinski definition) is 3. The van der Waals surface area contributed by atoms with E-state index in [2.05, 4.69) is 17.9 Å². The van der Waals surface area contributed by atoms with E-state index in [0.29, 0.717) is 11.8 Å². The quantitative estimate of drug-likeness (QED) is 0.835. The third kappa shape index (κ3) is 2.56. The minimum absolute atomic E-state index is 0. The average molecular weight is 279 g/mol. The van der Waals surface area contributed by atoms with Crippen molar-refractivity contribution in [2.45, 2.75) is 19.3 Å². The van der Waals surface area contributed by atoms with E-state index in [0.717, 1.165) is 31.0 Å². The Morgan fingerprint density at radius 1 is 1.42 bits per heavy atom. The van der Waals surface area contributed by atoms with Crippen LogP contribution in [0.3, 0.4) is 0 Å². The largest absolute Gasteiger partial charge is 0.493 e. The van der Waals surface area contributed by atoms with Gasteiger partial charge < -0.3 is 9.64 Å². The second kappa shape index (κ2) is 5.81. The molecular formula is C15H19ClN2O. The van der Waals surface area contributed by atoms with Gasteiger partial charge in [0.15, 0.2) is 0 Å². The third-order valence-corrected chi connectivity index (χ3v) is 4.05. The van der Waals surface area contributed by atoms with Crippen LogP contribution in [-0.2, 0) is 0 Å². The van der Waals surface area contributed by atoms with Crippen molar-refractivity contribution in [3.8, 4) is 11.8 Å². The molecule has 0 saturated carbocycles. The van der Waals surface area contributed by atoms with Crippen LogP contribution in [0, 0.1) is 17.2 Å². The van der Waals surface area contributed by atoms with Gasteiger partial charge in [-0.3, -0.25) is 0 Å². The van der Waals surface area contributed by atoms with Crippen LogP contribution >= 0.6 is 12.4 Å². The number of nitriles is 1. The number of rotatable bonds is 2. The summed E-state index contributed by atoms with van der Waals surface area (Å²) in [5, 5.41) is 9.01. The molecule has 0 bridgehead atoms. The van der Waals surface area contributed by atoms with Crippen molar-refractivity contribution in [2.75, 3.05) is 26.2 Å². The van der Waals surface area contributed by atoms with Crippen LogP contribution in [0.15, 0.2) is 18.2 Å². The first-order chi connectivity index (χ1) is 8.81. The molecule has 0 N–H and O–H groups in total. The van der Waals surface area contributed by atoms with Crippen molar-refractivity contribution in [3.05, 3.63) is 29.3 Å². The lowest BCUT2D eigenvalue weighted by atomic mass is 9.86. The third-order valence-electron chi connectivity index (χ3n) is 4.05.